The van der Waals surface area contributed by atoms with Crippen LogP contribution in [0.1, 0.15) is 35.1 Å². The molecule has 0 saturated heterocycles. The average Bonchev–Trinajstić information content (AvgIpc) is 2.70. The highest BCUT2D eigenvalue weighted by molar-refractivity contribution is 7.99. The zero-order valence-electron chi connectivity index (χ0n) is 14.6. The Balaban J connectivity index is 1.87. The fourth-order valence-corrected chi connectivity index (χ4v) is 4.05. The van der Waals surface area contributed by atoms with Crippen LogP contribution >= 0.6 is 23.5 Å². The maximum Gasteiger partial charge on any atom is 0.142 e. The molecule has 0 aromatic carbocycles. The molecule has 138 valence electrons. The lowest BCUT2D eigenvalue weighted by Gasteiger charge is -2.07. The van der Waals surface area contributed by atoms with Gasteiger partial charge in [-0.15, -0.1) is 23.5 Å². The molecule has 0 bridgehead atoms. The molecule has 0 amide bonds. The summed E-state index contributed by atoms with van der Waals surface area (Å²) in [7, 11) is 0. The van der Waals surface area contributed by atoms with Crippen molar-refractivity contribution in [3.05, 3.63) is 34.4 Å². The Kier molecular flexibility index (Phi) is 7.48. The van der Waals surface area contributed by atoms with Crippen molar-refractivity contribution in [3.63, 3.8) is 0 Å². The molecular formula is C18H14N8S2. The highest BCUT2D eigenvalue weighted by Crippen LogP contribution is 2.27. The van der Waals surface area contributed by atoms with Gasteiger partial charge in [0.2, 0.25) is 0 Å². The SMILES string of the molecule is N#Cc1cc(C#N)c(SCCCCSc2nc(N)c(C#N)cc2C#N)nc1N. The predicted octanol–water partition coefficient (Wildman–Crippen LogP) is 2.79. The summed E-state index contributed by atoms with van der Waals surface area (Å²) in [5.74, 6) is 1.68. The molecule has 0 radical (unpaired) electrons. The summed E-state index contributed by atoms with van der Waals surface area (Å²) >= 11 is 2.82. The first-order valence-corrected chi connectivity index (χ1v) is 9.98. The topological polar surface area (TPSA) is 173 Å². The van der Waals surface area contributed by atoms with Gasteiger partial charge in [-0.2, -0.15) is 21.0 Å². The third-order valence-electron chi connectivity index (χ3n) is 3.53. The van der Waals surface area contributed by atoms with Crippen LogP contribution in [-0.4, -0.2) is 21.5 Å². The molecule has 0 atom stereocenters. The number of pyridine rings is 2. The minimum atomic E-state index is 0.119. The molecule has 4 N–H and O–H groups in total. The number of thioether (sulfide) groups is 2. The zero-order valence-corrected chi connectivity index (χ0v) is 16.3. The van der Waals surface area contributed by atoms with Gasteiger partial charge in [0.05, 0.1) is 22.3 Å². The summed E-state index contributed by atoms with van der Waals surface area (Å²) in [6, 6.07) is 10.8. The number of aromatic nitrogens is 2. The molecule has 0 aliphatic heterocycles. The number of nitriles is 4. The second kappa shape index (κ2) is 10.0. The summed E-state index contributed by atoms with van der Waals surface area (Å²) in [5.41, 5.74) is 12.5. The van der Waals surface area contributed by atoms with Crippen molar-refractivity contribution >= 4 is 35.2 Å². The van der Waals surface area contributed by atoms with Crippen LogP contribution in [-0.2, 0) is 0 Å². The van der Waals surface area contributed by atoms with Gasteiger partial charge in [0, 0.05) is 0 Å². The molecule has 2 aromatic heterocycles. The lowest BCUT2D eigenvalue weighted by atomic mass is 10.2. The van der Waals surface area contributed by atoms with Gasteiger partial charge in [-0.3, -0.25) is 0 Å². The standard InChI is InChI=1S/C18H14N8S2/c19-7-11-5-13(9-21)17(25-15(11)23)27-3-1-2-4-28-18-14(10-22)6-12(8-20)16(24)26-18/h5-6H,1-4H2,(H2,23,25)(H2,24,26). The third-order valence-corrected chi connectivity index (χ3v) is 5.69. The van der Waals surface area contributed by atoms with E-state index in [1.165, 1.54) is 35.7 Å². The number of nitrogens with two attached hydrogens (primary N) is 2. The smallest absolute Gasteiger partial charge is 0.142 e. The molecule has 10 heteroatoms. The summed E-state index contributed by atoms with van der Waals surface area (Å²) < 4.78 is 0. The van der Waals surface area contributed by atoms with Crippen molar-refractivity contribution < 1.29 is 0 Å². The maximum atomic E-state index is 9.18. The molecular weight excluding hydrogens is 392 g/mol. The van der Waals surface area contributed by atoms with Crippen LogP contribution < -0.4 is 11.5 Å². The molecule has 2 aromatic rings. The zero-order chi connectivity index (χ0) is 20.5. The number of nitrogens with zero attached hydrogens (tertiary/aromatic N) is 6. The van der Waals surface area contributed by atoms with Crippen molar-refractivity contribution in [1.82, 2.24) is 9.97 Å². The summed E-state index contributed by atoms with van der Waals surface area (Å²) in [6.07, 6.45) is 1.69. The Bertz CT molecular complexity index is 968. The first kappa shape index (κ1) is 20.9. The average molecular weight is 407 g/mol. The molecule has 0 aliphatic carbocycles. The van der Waals surface area contributed by atoms with Crippen molar-refractivity contribution in [3.8, 4) is 24.3 Å². The van der Waals surface area contributed by atoms with Gasteiger partial charge in [0.15, 0.2) is 0 Å². The maximum absolute atomic E-state index is 9.18. The molecule has 0 aliphatic rings. The predicted molar refractivity (Wildman–Crippen MR) is 107 cm³/mol. The third kappa shape index (κ3) is 5.05. The van der Waals surface area contributed by atoms with Gasteiger partial charge in [-0.25, -0.2) is 9.97 Å². The lowest BCUT2D eigenvalue weighted by molar-refractivity contribution is 0.903. The monoisotopic (exact) mass is 406 g/mol. The van der Waals surface area contributed by atoms with E-state index in [1.54, 1.807) is 0 Å². The van der Waals surface area contributed by atoms with Crippen LogP contribution in [0.15, 0.2) is 22.2 Å². The van der Waals surface area contributed by atoms with Gasteiger partial charge in [0.1, 0.15) is 46.0 Å². The van der Waals surface area contributed by atoms with Crippen molar-refractivity contribution in [1.29, 1.82) is 21.0 Å². The number of rotatable bonds is 7. The van der Waals surface area contributed by atoms with E-state index in [4.69, 9.17) is 22.0 Å². The second-order valence-corrected chi connectivity index (χ2v) is 7.57. The normalized spacial score (nSPS) is 9.71. The van der Waals surface area contributed by atoms with E-state index >= 15 is 0 Å². The number of nitrogen functional groups attached to an aromatic ring is 2. The number of unbranched alkanes of at least 4 members (excludes halogenated alkanes) is 1. The number of hydrogen-bond acceptors (Lipinski definition) is 10. The van der Waals surface area contributed by atoms with Gasteiger partial charge in [0.25, 0.3) is 0 Å². The van der Waals surface area contributed by atoms with Crippen LogP contribution in [0.25, 0.3) is 0 Å². The summed E-state index contributed by atoms with van der Waals surface area (Å²) in [5, 5.41) is 37.3. The molecule has 0 spiro atoms. The summed E-state index contributed by atoms with van der Waals surface area (Å²) in [6.45, 7) is 0. The molecule has 0 unspecified atom stereocenters. The molecule has 28 heavy (non-hydrogen) atoms. The second-order valence-electron chi connectivity index (χ2n) is 5.40. The van der Waals surface area contributed by atoms with Crippen molar-refractivity contribution in [2.75, 3.05) is 23.0 Å². The Labute approximate surface area is 170 Å². The first-order chi connectivity index (χ1) is 13.5. The van der Waals surface area contributed by atoms with E-state index in [-0.39, 0.29) is 22.8 Å². The van der Waals surface area contributed by atoms with E-state index < -0.39 is 0 Å². The first-order valence-electron chi connectivity index (χ1n) is 8.01. The molecule has 2 rings (SSSR count). The molecule has 8 nitrogen and oxygen atoms in total. The van der Waals surface area contributed by atoms with E-state index in [0.29, 0.717) is 21.2 Å². The van der Waals surface area contributed by atoms with E-state index in [9.17, 15) is 10.5 Å². The molecule has 2 heterocycles. The quantitative estimate of drug-likeness (QED) is 0.514. The van der Waals surface area contributed by atoms with Crippen molar-refractivity contribution in [2.24, 2.45) is 0 Å². The highest BCUT2D eigenvalue weighted by atomic mass is 32.2. The molecule has 0 fully saturated rings. The fraction of sp³-hybridized carbons (Fsp3) is 0.222. The van der Waals surface area contributed by atoms with Gasteiger partial charge in [-0.05, 0) is 36.5 Å². The van der Waals surface area contributed by atoms with E-state index in [1.807, 2.05) is 24.3 Å². The minimum absolute atomic E-state index is 0.119. The van der Waals surface area contributed by atoms with E-state index in [0.717, 1.165) is 24.3 Å². The van der Waals surface area contributed by atoms with Gasteiger partial charge in [-0.1, -0.05) is 0 Å². The number of anilines is 2. The van der Waals surface area contributed by atoms with E-state index in [2.05, 4.69) is 9.97 Å². The Morgan fingerprint density at radius 3 is 1.36 bits per heavy atom. The van der Waals surface area contributed by atoms with Gasteiger partial charge < -0.3 is 11.5 Å². The Hall–Kier alpha value is -3.44. The van der Waals surface area contributed by atoms with Crippen LogP contribution in [0.5, 0.6) is 0 Å². The lowest BCUT2D eigenvalue weighted by Crippen LogP contribution is -2.00. The minimum Gasteiger partial charge on any atom is -0.383 e. The van der Waals surface area contributed by atoms with Crippen LogP contribution in [0.3, 0.4) is 0 Å². The largest absolute Gasteiger partial charge is 0.383 e. The van der Waals surface area contributed by atoms with Crippen LogP contribution in [0, 0.1) is 45.3 Å². The van der Waals surface area contributed by atoms with Crippen LogP contribution in [0.4, 0.5) is 11.6 Å². The van der Waals surface area contributed by atoms with Crippen molar-refractivity contribution in [2.45, 2.75) is 22.9 Å². The summed E-state index contributed by atoms with van der Waals surface area (Å²) in [4.78, 5) is 8.27. The van der Waals surface area contributed by atoms with Gasteiger partial charge >= 0.3 is 0 Å². The van der Waals surface area contributed by atoms with Crippen LogP contribution in [0.2, 0.25) is 0 Å². The Morgan fingerprint density at radius 1 is 0.679 bits per heavy atom. The molecule has 0 saturated carbocycles. The Morgan fingerprint density at radius 2 is 1.04 bits per heavy atom. The highest BCUT2D eigenvalue weighted by Gasteiger charge is 2.11. The fourth-order valence-electron chi connectivity index (χ4n) is 2.12. The number of hydrogen-bond donors (Lipinski definition) is 2.